The van der Waals surface area contributed by atoms with Crippen LogP contribution in [0, 0.1) is 11.3 Å². The number of nitrogens with one attached hydrogen (secondary N) is 1. The van der Waals surface area contributed by atoms with Crippen LogP contribution in [0.4, 0.5) is 5.95 Å². The molecule has 2 rings (SSSR count). The molecule has 1 saturated heterocycles. The predicted molar refractivity (Wildman–Crippen MR) is 68.1 cm³/mol. The monoisotopic (exact) mass is 246 g/mol. The Morgan fingerprint density at radius 1 is 1.33 bits per heavy atom. The molecule has 0 aliphatic carbocycles. The van der Waals surface area contributed by atoms with Crippen molar-refractivity contribution in [3.63, 3.8) is 0 Å². The third-order valence-electron chi connectivity index (χ3n) is 3.07. The molecule has 5 nitrogen and oxygen atoms in total. The minimum atomic E-state index is -0.653. The lowest BCUT2D eigenvalue weighted by Gasteiger charge is -2.22. The number of hydrogen-bond donors (Lipinski definition) is 1. The van der Waals surface area contributed by atoms with E-state index in [1.165, 1.54) is 0 Å². The molecule has 1 aromatic rings. The Morgan fingerprint density at radius 2 is 1.94 bits per heavy atom. The van der Waals surface area contributed by atoms with E-state index in [9.17, 15) is 0 Å². The maximum atomic E-state index is 8.93. The SMILES string of the molecule is CC(C)(C#N)Nc1ncc(C2CCOCC2)cn1. The van der Waals surface area contributed by atoms with Gasteiger partial charge in [-0.1, -0.05) is 0 Å². The Bertz CT molecular complexity index is 429. The normalized spacial score (nSPS) is 17.2. The quantitative estimate of drug-likeness (QED) is 0.884. The molecular weight excluding hydrogens is 228 g/mol. The predicted octanol–water partition coefficient (Wildman–Crippen LogP) is 2.08. The van der Waals surface area contributed by atoms with E-state index in [2.05, 4.69) is 21.4 Å². The van der Waals surface area contributed by atoms with E-state index in [-0.39, 0.29) is 0 Å². The number of anilines is 1. The Morgan fingerprint density at radius 3 is 2.50 bits per heavy atom. The second kappa shape index (κ2) is 5.32. The van der Waals surface area contributed by atoms with E-state index >= 15 is 0 Å². The van der Waals surface area contributed by atoms with Crippen LogP contribution in [-0.4, -0.2) is 28.7 Å². The van der Waals surface area contributed by atoms with Crippen molar-refractivity contribution in [2.45, 2.75) is 38.1 Å². The first-order valence-corrected chi connectivity index (χ1v) is 6.20. The summed E-state index contributed by atoms with van der Waals surface area (Å²) < 4.78 is 5.34. The molecule has 5 heteroatoms. The first-order valence-electron chi connectivity index (χ1n) is 6.20. The summed E-state index contributed by atoms with van der Waals surface area (Å²) in [6, 6.07) is 2.16. The molecule has 96 valence electrons. The molecule has 1 aliphatic rings. The van der Waals surface area contributed by atoms with Crippen LogP contribution < -0.4 is 5.32 Å². The maximum Gasteiger partial charge on any atom is 0.223 e. The molecule has 0 spiro atoms. The van der Waals surface area contributed by atoms with Gasteiger partial charge in [-0.25, -0.2) is 9.97 Å². The topological polar surface area (TPSA) is 70.8 Å². The molecular formula is C13H18N4O. The fraction of sp³-hybridized carbons (Fsp3) is 0.615. The number of nitriles is 1. The average molecular weight is 246 g/mol. The van der Waals surface area contributed by atoms with Crippen LogP contribution in [0.5, 0.6) is 0 Å². The summed E-state index contributed by atoms with van der Waals surface area (Å²) in [5.74, 6) is 0.995. The summed E-state index contributed by atoms with van der Waals surface area (Å²) >= 11 is 0. The molecule has 1 aromatic heterocycles. The second-order valence-electron chi connectivity index (χ2n) is 5.09. The zero-order valence-corrected chi connectivity index (χ0v) is 10.8. The number of rotatable bonds is 3. The summed E-state index contributed by atoms with van der Waals surface area (Å²) in [4.78, 5) is 8.55. The van der Waals surface area contributed by atoms with Gasteiger partial charge < -0.3 is 10.1 Å². The highest BCUT2D eigenvalue weighted by molar-refractivity contribution is 5.33. The minimum absolute atomic E-state index is 0.497. The third-order valence-corrected chi connectivity index (χ3v) is 3.07. The first kappa shape index (κ1) is 12.8. The largest absolute Gasteiger partial charge is 0.381 e. The van der Waals surface area contributed by atoms with Crippen molar-refractivity contribution in [3.05, 3.63) is 18.0 Å². The zero-order chi connectivity index (χ0) is 13.0. The summed E-state index contributed by atoms with van der Waals surface area (Å²) in [6.45, 7) is 5.21. The Kier molecular flexibility index (Phi) is 3.78. The lowest BCUT2D eigenvalue weighted by atomic mass is 9.94. The van der Waals surface area contributed by atoms with E-state index in [4.69, 9.17) is 10.00 Å². The molecule has 0 unspecified atom stereocenters. The smallest absolute Gasteiger partial charge is 0.223 e. The van der Waals surface area contributed by atoms with Gasteiger partial charge in [0.05, 0.1) is 6.07 Å². The Labute approximate surface area is 107 Å². The van der Waals surface area contributed by atoms with Crippen LogP contribution in [0.25, 0.3) is 0 Å². The van der Waals surface area contributed by atoms with Gasteiger partial charge in [0.2, 0.25) is 5.95 Å². The van der Waals surface area contributed by atoms with Crippen molar-refractivity contribution in [1.82, 2.24) is 9.97 Å². The van der Waals surface area contributed by atoms with Crippen LogP contribution in [0.3, 0.4) is 0 Å². The maximum absolute atomic E-state index is 8.93. The van der Waals surface area contributed by atoms with Gasteiger partial charge in [-0.15, -0.1) is 0 Å². The van der Waals surface area contributed by atoms with Gasteiger partial charge >= 0.3 is 0 Å². The molecule has 0 radical (unpaired) electrons. The highest BCUT2D eigenvalue weighted by atomic mass is 16.5. The number of nitrogens with zero attached hydrogens (tertiary/aromatic N) is 3. The summed E-state index contributed by atoms with van der Waals surface area (Å²) in [7, 11) is 0. The van der Waals surface area contributed by atoms with Gasteiger partial charge in [-0.05, 0) is 38.2 Å². The van der Waals surface area contributed by atoms with Crippen LogP contribution in [0.15, 0.2) is 12.4 Å². The lowest BCUT2D eigenvalue weighted by Crippen LogP contribution is -2.29. The molecule has 0 aromatic carbocycles. The highest BCUT2D eigenvalue weighted by Crippen LogP contribution is 2.26. The standard InChI is InChI=1S/C13H18N4O/c1-13(2,9-14)17-12-15-7-11(8-16-12)10-3-5-18-6-4-10/h7-8,10H,3-6H2,1-2H3,(H,15,16,17). The van der Waals surface area contributed by atoms with Gasteiger partial charge in [0.25, 0.3) is 0 Å². The van der Waals surface area contributed by atoms with Gasteiger partial charge in [0.1, 0.15) is 5.54 Å². The first-order chi connectivity index (χ1) is 8.61. The molecule has 1 N–H and O–H groups in total. The van der Waals surface area contributed by atoms with Crippen molar-refractivity contribution in [3.8, 4) is 6.07 Å². The van der Waals surface area contributed by atoms with E-state index < -0.39 is 5.54 Å². The van der Waals surface area contributed by atoms with Crippen LogP contribution in [-0.2, 0) is 4.74 Å². The van der Waals surface area contributed by atoms with E-state index in [1.807, 2.05) is 12.4 Å². The van der Waals surface area contributed by atoms with Crippen molar-refractivity contribution in [1.29, 1.82) is 5.26 Å². The third kappa shape index (κ3) is 3.17. The fourth-order valence-electron chi connectivity index (χ4n) is 1.95. The molecule has 0 bridgehead atoms. The molecule has 0 atom stereocenters. The van der Waals surface area contributed by atoms with Crippen molar-refractivity contribution >= 4 is 5.95 Å². The molecule has 0 saturated carbocycles. The minimum Gasteiger partial charge on any atom is -0.381 e. The summed E-state index contributed by atoms with van der Waals surface area (Å²) in [5.41, 5.74) is 0.499. The van der Waals surface area contributed by atoms with Crippen LogP contribution >= 0.6 is 0 Å². The summed E-state index contributed by atoms with van der Waals surface area (Å²) in [6.07, 6.45) is 5.75. The fourth-order valence-corrected chi connectivity index (χ4v) is 1.95. The van der Waals surface area contributed by atoms with Crippen LogP contribution in [0.2, 0.25) is 0 Å². The van der Waals surface area contributed by atoms with Gasteiger partial charge in [0.15, 0.2) is 0 Å². The molecule has 1 fully saturated rings. The lowest BCUT2D eigenvalue weighted by molar-refractivity contribution is 0.0852. The molecule has 18 heavy (non-hydrogen) atoms. The number of hydrogen-bond acceptors (Lipinski definition) is 5. The molecule has 0 amide bonds. The second-order valence-corrected chi connectivity index (χ2v) is 5.09. The van der Waals surface area contributed by atoms with E-state index in [0.29, 0.717) is 11.9 Å². The highest BCUT2D eigenvalue weighted by Gasteiger charge is 2.19. The van der Waals surface area contributed by atoms with E-state index in [1.54, 1.807) is 13.8 Å². The van der Waals surface area contributed by atoms with Crippen molar-refractivity contribution in [2.75, 3.05) is 18.5 Å². The van der Waals surface area contributed by atoms with Gasteiger partial charge in [0, 0.05) is 25.6 Å². The number of ether oxygens (including phenoxy) is 1. The van der Waals surface area contributed by atoms with Crippen molar-refractivity contribution < 1.29 is 4.74 Å². The van der Waals surface area contributed by atoms with Crippen molar-refractivity contribution in [2.24, 2.45) is 0 Å². The Balaban J connectivity index is 2.03. The zero-order valence-electron chi connectivity index (χ0n) is 10.8. The molecule has 1 aliphatic heterocycles. The number of aromatic nitrogens is 2. The van der Waals surface area contributed by atoms with Gasteiger partial charge in [-0.3, -0.25) is 0 Å². The van der Waals surface area contributed by atoms with E-state index in [0.717, 1.165) is 31.6 Å². The Hall–Kier alpha value is -1.67. The average Bonchev–Trinajstić information content (AvgIpc) is 2.40. The van der Waals surface area contributed by atoms with Crippen LogP contribution in [0.1, 0.15) is 38.2 Å². The molecule has 2 heterocycles. The summed E-state index contributed by atoms with van der Waals surface area (Å²) in [5, 5.41) is 11.9. The van der Waals surface area contributed by atoms with Gasteiger partial charge in [-0.2, -0.15) is 5.26 Å².